The lowest BCUT2D eigenvalue weighted by Gasteiger charge is -2.22. The molecule has 0 bridgehead atoms. The van der Waals surface area contributed by atoms with Gasteiger partial charge in [-0.2, -0.15) is 0 Å². The van der Waals surface area contributed by atoms with Crippen molar-refractivity contribution in [2.75, 3.05) is 18.6 Å². The van der Waals surface area contributed by atoms with Crippen LogP contribution in [-0.2, 0) is 22.8 Å². The van der Waals surface area contributed by atoms with E-state index in [1.807, 2.05) is 13.2 Å². The van der Waals surface area contributed by atoms with E-state index >= 15 is 0 Å². The highest BCUT2D eigenvalue weighted by Crippen LogP contribution is 2.27. The van der Waals surface area contributed by atoms with Crippen molar-refractivity contribution in [2.24, 2.45) is 5.92 Å². The van der Waals surface area contributed by atoms with E-state index in [1.54, 1.807) is 0 Å². The number of aromatic amines is 1. The van der Waals surface area contributed by atoms with Crippen LogP contribution in [0.3, 0.4) is 0 Å². The summed E-state index contributed by atoms with van der Waals surface area (Å²) in [6.45, 7) is 0.748. The van der Waals surface area contributed by atoms with Gasteiger partial charge in [-0.1, -0.05) is 25.7 Å². The molecule has 1 aliphatic carbocycles. The van der Waals surface area contributed by atoms with Crippen LogP contribution in [0.5, 0.6) is 0 Å². The molecule has 1 atom stereocenters. The van der Waals surface area contributed by atoms with Gasteiger partial charge in [0.2, 0.25) is 0 Å². The van der Waals surface area contributed by atoms with Crippen LogP contribution in [0, 0.1) is 5.92 Å². The highest BCUT2D eigenvalue weighted by Gasteiger charge is 2.30. The first-order valence-corrected chi connectivity index (χ1v) is 9.77. The smallest absolute Gasteiger partial charge is 0.151 e. The van der Waals surface area contributed by atoms with Crippen LogP contribution in [0.15, 0.2) is 6.20 Å². The molecular formula is C15H25N3O2S. The van der Waals surface area contributed by atoms with E-state index in [0.29, 0.717) is 11.5 Å². The van der Waals surface area contributed by atoms with Crippen molar-refractivity contribution in [3.63, 3.8) is 0 Å². The van der Waals surface area contributed by atoms with Crippen LogP contribution < -0.4 is 0 Å². The molecule has 1 aliphatic heterocycles. The SMILES string of the molecule is CN(Cc1cnc(CC2CCCC2)[nH]1)C1CCS(=O)(=O)C1. The van der Waals surface area contributed by atoms with Crippen molar-refractivity contribution < 1.29 is 8.42 Å². The molecule has 5 nitrogen and oxygen atoms in total. The average molecular weight is 311 g/mol. The molecule has 3 rings (SSSR count). The molecule has 1 aromatic rings. The monoisotopic (exact) mass is 311 g/mol. The molecule has 0 aromatic carbocycles. The predicted octanol–water partition coefficient (Wildman–Crippen LogP) is 1.76. The number of nitrogens with zero attached hydrogens (tertiary/aromatic N) is 2. The molecule has 1 unspecified atom stereocenters. The molecule has 118 valence electrons. The normalized spacial score (nSPS) is 25.9. The van der Waals surface area contributed by atoms with Gasteiger partial charge in [-0.25, -0.2) is 13.4 Å². The Labute approximate surface area is 127 Å². The maximum atomic E-state index is 11.5. The Kier molecular flexibility index (Phi) is 4.36. The molecule has 0 spiro atoms. The Morgan fingerprint density at radius 2 is 2.10 bits per heavy atom. The Balaban J connectivity index is 1.54. The summed E-state index contributed by atoms with van der Waals surface area (Å²) >= 11 is 0. The Morgan fingerprint density at radius 3 is 2.76 bits per heavy atom. The van der Waals surface area contributed by atoms with Gasteiger partial charge in [0.05, 0.1) is 11.5 Å². The van der Waals surface area contributed by atoms with Crippen molar-refractivity contribution >= 4 is 9.84 Å². The number of hydrogen-bond acceptors (Lipinski definition) is 4. The third-order valence-corrected chi connectivity index (χ3v) is 6.64. The summed E-state index contributed by atoms with van der Waals surface area (Å²) in [5, 5.41) is 0. The van der Waals surface area contributed by atoms with Crippen molar-refractivity contribution in [1.29, 1.82) is 0 Å². The van der Waals surface area contributed by atoms with Gasteiger partial charge in [-0.3, -0.25) is 4.90 Å². The van der Waals surface area contributed by atoms with Crippen molar-refractivity contribution in [1.82, 2.24) is 14.9 Å². The van der Waals surface area contributed by atoms with E-state index in [-0.39, 0.29) is 6.04 Å². The van der Waals surface area contributed by atoms with Gasteiger partial charge in [-0.15, -0.1) is 0 Å². The number of aromatic nitrogens is 2. The fourth-order valence-electron chi connectivity index (χ4n) is 3.60. The molecule has 21 heavy (non-hydrogen) atoms. The van der Waals surface area contributed by atoms with Gasteiger partial charge in [0.15, 0.2) is 9.84 Å². The van der Waals surface area contributed by atoms with Gasteiger partial charge in [0.25, 0.3) is 0 Å². The standard InChI is InChI=1S/C15H25N3O2S/c1-18(14-6-7-21(19,20)11-14)10-13-9-16-15(17-13)8-12-4-2-3-5-12/h9,12,14H,2-8,10-11H2,1H3,(H,16,17). The lowest BCUT2D eigenvalue weighted by molar-refractivity contribution is 0.251. The lowest BCUT2D eigenvalue weighted by atomic mass is 10.0. The molecule has 1 saturated heterocycles. The summed E-state index contributed by atoms with van der Waals surface area (Å²) < 4.78 is 23.1. The van der Waals surface area contributed by atoms with Gasteiger partial charge in [-0.05, 0) is 19.4 Å². The molecule has 2 aliphatic rings. The number of H-pyrrole nitrogens is 1. The van der Waals surface area contributed by atoms with Gasteiger partial charge in [0.1, 0.15) is 5.82 Å². The Bertz CT molecular complexity index is 575. The first-order valence-electron chi connectivity index (χ1n) is 7.95. The van der Waals surface area contributed by atoms with E-state index in [9.17, 15) is 8.42 Å². The minimum atomic E-state index is -2.81. The molecule has 2 heterocycles. The third kappa shape index (κ3) is 3.86. The second kappa shape index (κ2) is 6.08. The van der Waals surface area contributed by atoms with E-state index < -0.39 is 9.84 Å². The number of sulfone groups is 1. The molecule has 0 radical (unpaired) electrons. The fourth-order valence-corrected chi connectivity index (χ4v) is 5.40. The summed E-state index contributed by atoms with van der Waals surface area (Å²) in [5.74, 6) is 2.51. The summed E-state index contributed by atoms with van der Waals surface area (Å²) in [7, 11) is -0.808. The highest BCUT2D eigenvalue weighted by atomic mass is 32.2. The van der Waals surface area contributed by atoms with Crippen LogP contribution in [0.2, 0.25) is 0 Å². The van der Waals surface area contributed by atoms with Gasteiger partial charge < -0.3 is 4.98 Å². The van der Waals surface area contributed by atoms with Gasteiger partial charge in [0, 0.05) is 30.9 Å². The summed E-state index contributed by atoms with van der Waals surface area (Å²) in [6.07, 6.45) is 9.09. The molecule has 2 fully saturated rings. The van der Waals surface area contributed by atoms with Gasteiger partial charge >= 0.3 is 0 Å². The Hall–Kier alpha value is -0.880. The van der Waals surface area contributed by atoms with E-state index in [4.69, 9.17) is 0 Å². The molecule has 1 N–H and O–H groups in total. The number of imidazole rings is 1. The number of nitrogens with one attached hydrogen (secondary N) is 1. The van der Waals surface area contributed by atoms with Crippen LogP contribution >= 0.6 is 0 Å². The van der Waals surface area contributed by atoms with Crippen molar-refractivity contribution in [3.05, 3.63) is 17.7 Å². The molecule has 1 saturated carbocycles. The lowest BCUT2D eigenvalue weighted by Crippen LogP contribution is -2.32. The summed E-state index contributed by atoms with van der Waals surface area (Å²) in [4.78, 5) is 10.0. The van der Waals surface area contributed by atoms with E-state index in [1.165, 1.54) is 25.7 Å². The zero-order chi connectivity index (χ0) is 14.9. The van der Waals surface area contributed by atoms with Crippen molar-refractivity contribution in [3.8, 4) is 0 Å². The maximum absolute atomic E-state index is 11.5. The third-order valence-electron chi connectivity index (χ3n) is 4.89. The van der Waals surface area contributed by atoms with Crippen molar-refractivity contribution in [2.45, 2.75) is 51.1 Å². The zero-order valence-electron chi connectivity index (χ0n) is 12.7. The molecular weight excluding hydrogens is 286 g/mol. The topological polar surface area (TPSA) is 66.1 Å². The largest absolute Gasteiger partial charge is 0.345 e. The quantitative estimate of drug-likeness (QED) is 0.900. The van der Waals surface area contributed by atoms with Crippen LogP contribution in [0.25, 0.3) is 0 Å². The maximum Gasteiger partial charge on any atom is 0.151 e. The van der Waals surface area contributed by atoms with Crippen LogP contribution in [-0.4, -0.2) is 47.9 Å². The fraction of sp³-hybridized carbons (Fsp3) is 0.800. The summed E-state index contributed by atoms with van der Waals surface area (Å²) in [5.41, 5.74) is 1.09. The number of hydrogen-bond donors (Lipinski definition) is 1. The Morgan fingerprint density at radius 1 is 1.33 bits per heavy atom. The minimum absolute atomic E-state index is 0.150. The molecule has 0 amide bonds. The van der Waals surface area contributed by atoms with Crippen LogP contribution in [0.4, 0.5) is 0 Å². The highest BCUT2D eigenvalue weighted by molar-refractivity contribution is 7.91. The first-order chi connectivity index (χ1) is 10.0. The second-order valence-electron chi connectivity index (χ2n) is 6.68. The zero-order valence-corrected chi connectivity index (χ0v) is 13.5. The molecule has 6 heteroatoms. The molecule has 1 aromatic heterocycles. The van der Waals surface area contributed by atoms with E-state index in [0.717, 1.165) is 36.8 Å². The van der Waals surface area contributed by atoms with Crippen LogP contribution in [0.1, 0.15) is 43.6 Å². The number of rotatable bonds is 5. The van der Waals surface area contributed by atoms with E-state index in [2.05, 4.69) is 14.9 Å². The minimum Gasteiger partial charge on any atom is -0.345 e. The summed E-state index contributed by atoms with van der Waals surface area (Å²) in [6, 6.07) is 0.150. The second-order valence-corrected chi connectivity index (χ2v) is 8.91. The average Bonchev–Trinajstić information content (AvgIpc) is 3.12. The predicted molar refractivity (Wildman–Crippen MR) is 82.8 cm³/mol. The first kappa shape index (κ1) is 15.0.